The molecule has 2 aromatic rings. The number of hydrogen-bond donors (Lipinski definition) is 0. The van der Waals surface area contributed by atoms with Gasteiger partial charge < -0.3 is 9.80 Å². The van der Waals surface area contributed by atoms with Crippen LogP contribution in [0.2, 0.25) is 5.02 Å². The molecule has 202 valence electrons. The highest BCUT2D eigenvalue weighted by Crippen LogP contribution is 2.41. The van der Waals surface area contributed by atoms with Crippen LogP contribution in [-0.4, -0.2) is 69.2 Å². The van der Waals surface area contributed by atoms with Gasteiger partial charge in [0, 0.05) is 18.0 Å². The quantitative estimate of drug-likeness (QED) is 0.482. The summed E-state index contributed by atoms with van der Waals surface area (Å²) in [5, 5.41) is 0.419. The third kappa shape index (κ3) is 5.14. The Labute approximate surface area is 223 Å². The summed E-state index contributed by atoms with van der Waals surface area (Å²) in [6.07, 6.45) is -3.93. The maximum atomic E-state index is 14.1. The van der Waals surface area contributed by atoms with Crippen molar-refractivity contribution >= 4 is 35.2 Å². The van der Waals surface area contributed by atoms with Crippen molar-refractivity contribution in [2.75, 3.05) is 6.54 Å². The van der Waals surface area contributed by atoms with Crippen LogP contribution < -0.4 is 0 Å². The molecule has 2 heterocycles. The summed E-state index contributed by atoms with van der Waals surface area (Å²) in [7, 11) is 0. The van der Waals surface area contributed by atoms with Gasteiger partial charge in [0.1, 0.15) is 12.6 Å². The minimum absolute atomic E-state index is 0.183. The van der Waals surface area contributed by atoms with Crippen molar-refractivity contribution < 1.29 is 32.3 Å². The fourth-order valence-electron chi connectivity index (χ4n) is 5.50. The standard InChI is InChI=1S/C27H27ClF3N3O4/c1-15(32(17(3)35)14-27(29,30)31)22-11-12-23(18-7-6-8-19(28)13-18)34(22)24(36)16(2)33-25(37)20-9-4-5-10-21(20)26(33)38/h4-10,13,15-16,22-23H,11-12,14H2,1-3H3/t15-,16+,22+,23-/m0/s1. The van der Waals surface area contributed by atoms with Crippen molar-refractivity contribution in [1.82, 2.24) is 14.7 Å². The van der Waals surface area contributed by atoms with Crippen LogP contribution in [0, 0.1) is 0 Å². The highest BCUT2D eigenvalue weighted by atomic mass is 35.5. The van der Waals surface area contributed by atoms with Gasteiger partial charge in [-0.2, -0.15) is 13.2 Å². The van der Waals surface area contributed by atoms with E-state index in [1.807, 2.05) is 0 Å². The van der Waals surface area contributed by atoms with Crippen LogP contribution in [0.3, 0.4) is 0 Å². The van der Waals surface area contributed by atoms with E-state index in [-0.39, 0.29) is 11.1 Å². The number of carbonyl (C=O) groups excluding carboxylic acids is 4. The fraction of sp³-hybridized carbons (Fsp3) is 0.407. The Morgan fingerprint density at radius 3 is 2.16 bits per heavy atom. The van der Waals surface area contributed by atoms with Crippen LogP contribution in [0.15, 0.2) is 48.5 Å². The van der Waals surface area contributed by atoms with E-state index in [1.165, 1.54) is 30.9 Å². The number of amides is 4. The first-order chi connectivity index (χ1) is 17.8. The number of likely N-dealkylation sites (tertiary alicyclic amines) is 1. The average Bonchev–Trinajstić information content (AvgIpc) is 3.40. The van der Waals surface area contributed by atoms with Crippen molar-refractivity contribution in [1.29, 1.82) is 0 Å². The molecule has 4 amide bonds. The summed E-state index contributed by atoms with van der Waals surface area (Å²) in [5.74, 6) is -2.61. The molecule has 0 aliphatic carbocycles. The van der Waals surface area contributed by atoms with Crippen LogP contribution in [0.5, 0.6) is 0 Å². The Hall–Kier alpha value is -3.40. The predicted octanol–water partition coefficient (Wildman–Crippen LogP) is 4.86. The largest absolute Gasteiger partial charge is 0.406 e. The topological polar surface area (TPSA) is 78.0 Å². The van der Waals surface area contributed by atoms with Gasteiger partial charge in [0.2, 0.25) is 11.8 Å². The summed E-state index contributed by atoms with van der Waals surface area (Å²) >= 11 is 6.19. The lowest BCUT2D eigenvalue weighted by molar-refractivity contribution is -0.167. The molecule has 0 bridgehead atoms. The predicted molar refractivity (Wildman–Crippen MR) is 133 cm³/mol. The van der Waals surface area contributed by atoms with Crippen molar-refractivity contribution in [2.45, 2.75) is 64.0 Å². The molecule has 0 spiro atoms. The Bertz CT molecular complexity index is 1250. The Balaban J connectivity index is 1.71. The molecule has 0 radical (unpaired) electrons. The van der Waals surface area contributed by atoms with Crippen molar-refractivity contribution in [3.05, 3.63) is 70.2 Å². The van der Waals surface area contributed by atoms with Gasteiger partial charge in [-0.1, -0.05) is 35.9 Å². The lowest BCUT2D eigenvalue weighted by atomic mass is 10.0. The second kappa shape index (κ2) is 10.4. The van der Waals surface area contributed by atoms with Gasteiger partial charge in [-0.05, 0) is 56.5 Å². The molecule has 2 aliphatic rings. The summed E-state index contributed by atoms with van der Waals surface area (Å²) in [6, 6.07) is 9.44. The zero-order valence-electron chi connectivity index (χ0n) is 21.0. The number of fused-ring (bicyclic) bond motifs is 1. The molecule has 1 saturated heterocycles. The third-order valence-electron chi connectivity index (χ3n) is 7.29. The number of alkyl halides is 3. The maximum Gasteiger partial charge on any atom is 0.406 e. The van der Waals surface area contributed by atoms with Gasteiger partial charge in [0.05, 0.1) is 23.2 Å². The van der Waals surface area contributed by atoms with Crippen LogP contribution in [0.1, 0.15) is 65.9 Å². The van der Waals surface area contributed by atoms with E-state index in [1.54, 1.807) is 36.4 Å². The van der Waals surface area contributed by atoms with E-state index in [0.29, 0.717) is 28.3 Å². The Morgan fingerprint density at radius 1 is 1.03 bits per heavy atom. The van der Waals surface area contributed by atoms with Gasteiger partial charge in [-0.15, -0.1) is 0 Å². The molecule has 38 heavy (non-hydrogen) atoms. The molecule has 0 aromatic heterocycles. The Morgan fingerprint density at radius 2 is 1.63 bits per heavy atom. The zero-order chi connectivity index (χ0) is 27.9. The molecular formula is C27H27ClF3N3O4. The summed E-state index contributed by atoms with van der Waals surface area (Å²) in [5.41, 5.74) is 1.03. The second-order valence-electron chi connectivity index (χ2n) is 9.67. The van der Waals surface area contributed by atoms with Crippen LogP contribution in [-0.2, 0) is 9.59 Å². The number of carbonyl (C=O) groups is 4. The summed E-state index contributed by atoms with van der Waals surface area (Å²) in [4.78, 5) is 55.5. The maximum absolute atomic E-state index is 14.1. The zero-order valence-corrected chi connectivity index (χ0v) is 21.8. The van der Waals surface area contributed by atoms with E-state index in [9.17, 15) is 32.3 Å². The smallest absolute Gasteiger partial charge is 0.329 e. The lowest BCUT2D eigenvalue weighted by Crippen LogP contribution is -2.57. The molecule has 1 fully saturated rings. The normalized spacial score (nSPS) is 20.9. The van der Waals surface area contributed by atoms with Gasteiger partial charge in [-0.25, -0.2) is 0 Å². The SMILES string of the molecule is CC(=O)N(CC(F)(F)F)[C@@H](C)[C@H]1CC[C@@H](c2cccc(Cl)c2)N1C(=O)[C@@H](C)N1C(=O)c2ccccc2C1=O. The number of imide groups is 1. The minimum atomic E-state index is -4.63. The molecule has 0 saturated carbocycles. The van der Waals surface area contributed by atoms with Gasteiger partial charge >= 0.3 is 6.18 Å². The number of nitrogens with zero attached hydrogens (tertiary/aromatic N) is 3. The fourth-order valence-corrected chi connectivity index (χ4v) is 5.70. The molecule has 7 nitrogen and oxygen atoms in total. The summed E-state index contributed by atoms with van der Waals surface area (Å²) in [6.45, 7) is 2.50. The highest BCUT2D eigenvalue weighted by Gasteiger charge is 2.48. The van der Waals surface area contributed by atoms with Crippen molar-refractivity contribution in [3.8, 4) is 0 Å². The number of rotatable bonds is 6. The molecule has 11 heteroatoms. The third-order valence-corrected chi connectivity index (χ3v) is 7.52. The van der Waals surface area contributed by atoms with Crippen LogP contribution >= 0.6 is 11.6 Å². The molecule has 0 N–H and O–H groups in total. The summed E-state index contributed by atoms with van der Waals surface area (Å²) < 4.78 is 40.0. The van der Waals surface area contributed by atoms with E-state index in [4.69, 9.17) is 11.6 Å². The molecule has 0 unspecified atom stereocenters. The Kier molecular flexibility index (Phi) is 7.56. The van der Waals surface area contributed by atoms with E-state index >= 15 is 0 Å². The first kappa shape index (κ1) is 27.6. The highest BCUT2D eigenvalue weighted by molar-refractivity contribution is 6.30. The van der Waals surface area contributed by atoms with E-state index in [2.05, 4.69) is 0 Å². The number of halogens is 4. The average molecular weight is 550 g/mol. The molecule has 4 atom stereocenters. The molecule has 2 aliphatic heterocycles. The second-order valence-corrected chi connectivity index (χ2v) is 10.1. The molecule has 2 aromatic carbocycles. The van der Waals surface area contributed by atoms with E-state index in [0.717, 1.165) is 11.8 Å². The number of hydrogen-bond acceptors (Lipinski definition) is 4. The minimum Gasteiger partial charge on any atom is -0.329 e. The van der Waals surface area contributed by atoms with Gasteiger partial charge in [0.15, 0.2) is 0 Å². The monoisotopic (exact) mass is 549 g/mol. The van der Waals surface area contributed by atoms with Crippen LogP contribution in [0.4, 0.5) is 13.2 Å². The van der Waals surface area contributed by atoms with Crippen molar-refractivity contribution in [3.63, 3.8) is 0 Å². The van der Waals surface area contributed by atoms with Gasteiger partial charge in [-0.3, -0.25) is 24.1 Å². The van der Waals surface area contributed by atoms with Gasteiger partial charge in [0.25, 0.3) is 11.8 Å². The first-order valence-corrected chi connectivity index (χ1v) is 12.6. The number of benzene rings is 2. The van der Waals surface area contributed by atoms with Crippen LogP contribution in [0.25, 0.3) is 0 Å². The molecular weight excluding hydrogens is 523 g/mol. The lowest BCUT2D eigenvalue weighted by Gasteiger charge is -2.41. The van der Waals surface area contributed by atoms with E-state index < -0.39 is 60.5 Å². The molecule has 4 rings (SSSR count). The first-order valence-electron chi connectivity index (χ1n) is 12.2. The van der Waals surface area contributed by atoms with Crippen molar-refractivity contribution in [2.24, 2.45) is 0 Å².